The number of rotatable bonds is 6. The summed E-state index contributed by atoms with van der Waals surface area (Å²) in [6, 6.07) is 19.3. The minimum atomic E-state index is -0.523. The van der Waals surface area contributed by atoms with Crippen molar-refractivity contribution < 1.29 is 4.79 Å². The zero-order valence-corrected chi connectivity index (χ0v) is 17.6. The van der Waals surface area contributed by atoms with Gasteiger partial charge in [0.05, 0.1) is 12.9 Å². The number of nitrogens with zero attached hydrogens (tertiary/aromatic N) is 5. The SMILES string of the molecule is O=C(Cn1c(=O)c2c(ncn2Cc2ccccc2)n(Cc2ccccc2)c1=O)N1CCC1. The average molecular weight is 429 g/mol. The largest absolute Gasteiger partial charge is 0.341 e. The zero-order chi connectivity index (χ0) is 22.1. The summed E-state index contributed by atoms with van der Waals surface area (Å²) in [5.74, 6) is -0.213. The van der Waals surface area contributed by atoms with Gasteiger partial charge >= 0.3 is 5.69 Å². The molecule has 0 unspecified atom stereocenters. The average Bonchev–Trinajstić information content (AvgIpc) is 3.18. The van der Waals surface area contributed by atoms with Crippen LogP contribution in [0, 0.1) is 0 Å². The van der Waals surface area contributed by atoms with Crippen LogP contribution < -0.4 is 11.2 Å². The molecule has 32 heavy (non-hydrogen) atoms. The van der Waals surface area contributed by atoms with Crippen molar-refractivity contribution in [1.29, 1.82) is 0 Å². The van der Waals surface area contributed by atoms with E-state index in [1.165, 1.54) is 4.57 Å². The van der Waals surface area contributed by atoms with Crippen LogP contribution in [-0.2, 0) is 24.4 Å². The summed E-state index contributed by atoms with van der Waals surface area (Å²) >= 11 is 0. The standard InChI is InChI=1S/C24H23N5O3/c30-20(26-12-7-13-26)16-29-23(31)21-22(25-17-27(21)14-18-8-3-1-4-9-18)28(24(29)32)15-19-10-5-2-6-11-19/h1-6,8-11,17H,7,12-16H2. The predicted octanol–water partition coefficient (Wildman–Crippen LogP) is 1.69. The summed E-state index contributed by atoms with van der Waals surface area (Å²) in [6.45, 7) is 1.77. The van der Waals surface area contributed by atoms with Gasteiger partial charge in [0.1, 0.15) is 6.54 Å². The molecule has 162 valence electrons. The van der Waals surface area contributed by atoms with Gasteiger partial charge in [-0.25, -0.2) is 14.3 Å². The fraction of sp³-hybridized carbons (Fsp3) is 0.250. The number of amides is 1. The maximum absolute atomic E-state index is 13.4. The minimum absolute atomic E-state index is 0.213. The van der Waals surface area contributed by atoms with Crippen molar-refractivity contribution >= 4 is 17.1 Å². The fourth-order valence-electron chi connectivity index (χ4n) is 3.99. The molecule has 0 bridgehead atoms. The Morgan fingerprint density at radius 1 is 0.844 bits per heavy atom. The van der Waals surface area contributed by atoms with Gasteiger partial charge in [-0.05, 0) is 17.5 Å². The molecule has 1 aliphatic rings. The molecule has 8 nitrogen and oxygen atoms in total. The smallest absolute Gasteiger partial charge is 0.333 e. The number of carbonyl (C=O) groups excluding carboxylic acids is 1. The van der Waals surface area contributed by atoms with Gasteiger partial charge in [-0.15, -0.1) is 0 Å². The normalized spacial score (nSPS) is 13.3. The van der Waals surface area contributed by atoms with Crippen molar-refractivity contribution in [2.75, 3.05) is 13.1 Å². The maximum atomic E-state index is 13.4. The molecule has 0 radical (unpaired) electrons. The molecule has 4 aromatic rings. The summed E-state index contributed by atoms with van der Waals surface area (Å²) in [4.78, 5) is 45.5. The van der Waals surface area contributed by atoms with Gasteiger partial charge in [0, 0.05) is 19.6 Å². The van der Waals surface area contributed by atoms with E-state index in [1.54, 1.807) is 15.8 Å². The molecule has 0 saturated carbocycles. The van der Waals surface area contributed by atoms with Crippen molar-refractivity contribution in [3.8, 4) is 0 Å². The molecule has 0 atom stereocenters. The van der Waals surface area contributed by atoms with E-state index in [0.717, 1.165) is 22.1 Å². The molecule has 2 aromatic heterocycles. The first-order chi connectivity index (χ1) is 15.6. The van der Waals surface area contributed by atoms with Crippen molar-refractivity contribution in [1.82, 2.24) is 23.6 Å². The number of imidazole rings is 1. The summed E-state index contributed by atoms with van der Waals surface area (Å²) in [5.41, 5.74) is 1.55. The van der Waals surface area contributed by atoms with Crippen LogP contribution in [0.3, 0.4) is 0 Å². The number of carbonyl (C=O) groups is 1. The first-order valence-electron chi connectivity index (χ1n) is 10.7. The van der Waals surface area contributed by atoms with Crippen LogP contribution in [0.15, 0.2) is 76.6 Å². The lowest BCUT2D eigenvalue weighted by atomic mass is 10.2. The molecule has 0 N–H and O–H groups in total. The van der Waals surface area contributed by atoms with Gasteiger partial charge in [-0.1, -0.05) is 60.7 Å². The Hall–Kier alpha value is -3.94. The maximum Gasteiger partial charge on any atom is 0.333 e. The molecular weight excluding hydrogens is 406 g/mol. The fourth-order valence-corrected chi connectivity index (χ4v) is 3.99. The van der Waals surface area contributed by atoms with Crippen LogP contribution in [0.25, 0.3) is 11.2 Å². The van der Waals surface area contributed by atoms with Crippen molar-refractivity contribution in [2.24, 2.45) is 0 Å². The highest BCUT2D eigenvalue weighted by Gasteiger charge is 2.24. The molecule has 1 aliphatic heterocycles. The topological polar surface area (TPSA) is 82.1 Å². The Bertz CT molecular complexity index is 1380. The number of benzene rings is 2. The number of hydrogen-bond acceptors (Lipinski definition) is 4. The zero-order valence-electron chi connectivity index (χ0n) is 17.6. The van der Waals surface area contributed by atoms with Gasteiger partial charge in [0.2, 0.25) is 5.91 Å². The third-order valence-corrected chi connectivity index (χ3v) is 5.87. The summed E-state index contributed by atoms with van der Waals surface area (Å²) in [5, 5.41) is 0. The van der Waals surface area contributed by atoms with Gasteiger partial charge < -0.3 is 9.47 Å². The molecule has 0 aliphatic carbocycles. The second-order valence-corrected chi connectivity index (χ2v) is 8.01. The Kier molecular flexibility index (Phi) is 5.18. The number of likely N-dealkylation sites (tertiary alicyclic amines) is 1. The summed E-state index contributed by atoms with van der Waals surface area (Å²) in [6.07, 6.45) is 2.53. The van der Waals surface area contributed by atoms with Crippen LogP contribution in [0.5, 0.6) is 0 Å². The highest BCUT2D eigenvalue weighted by Crippen LogP contribution is 2.13. The molecule has 1 fully saturated rings. The Labute approximate surface area is 184 Å². The summed E-state index contributed by atoms with van der Waals surface area (Å²) in [7, 11) is 0. The van der Waals surface area contributed by atoms with E-state index in [-0.39, 0.29) is 19.0 Å². The highest BCUT2D eigenvalue weighted by molar-refractivity contribution is 5.77. The Morgan fingerprint density at radius 3 is 2.06 bits per heavy atom. The van der Waals surface area contributed by atoms with E-state index in [2.05, 4.69) is 4.98 Å². The lowest BCUT2D eigenvalue weighted by Gasteiger charge is -2.31. The molecule has 2 aromatic carbocycles. The molecule has 5 rings (SSSR count). The van der Waals surface area contributed by atoms with Crippen molar-refractivity contribution in [2.45, 2.75) is 26.1 Å². The third kappa shape index (κ3) is 3.64. The van der Waals surface area contributed by atoms with Crippen molar-refractivity contribution in [3.05, 3.63) is 99.0 Å². The van der Waals surface area contributed by atoms with Crippen LogP contribution in [0.1, 0.15) is 17.5 Å². The van der Waals surface area contributed by atoms with Gasteiger partial charge in [-0.3, -0.25) is 14.2 Å². The van der Waals surface area contributed by atoms with Gasteiger partial charge in [-0.2, -0.15) is 0 Å². The second kappa shape index (κ2) is 8.30. The second-order valence-electron chi connectivity index (χ2n) is 8.01. The highest BCUT2D eigenvalue weighted by atomic mass is 16.2. The molecule has 1 saturated heterocycles. The van der Waals surface area contributed by atoms with Crippen LogP contribution in [-0.4, -0.2) is 42.6 Å². The Morgan fingerprint density at radius 2 is 1.47 bits per heavy atom. The number of fused-ring (bicyclic) bond motifs is 1. The number of aromatic nitrogens is 4. The van der Waals surface area contributed by atoms with Crippen LogP contribution >= 0.6 is 0 Å². The van der Waals surface area contributed by atoms with E-state index in [1.807, 2.05) is 60.7 Å². The van der Waals surface area contributed by atoms with Crippen LogP contribution in [0.4, 0.5) is 0 Å². The Balaban J connectivity index is 1.65. The summed E-state index contributed by atoms with van der Waals surface area (Å²) < 4.78 is 4.28. The monoisotopic (exact) mass is 429 g/mol. The predicted molar refractivity (Wildman–Crippen MR) is 121 cm³/mol. The molecule has 1 amide bonds. The van der Waals surface area contributed by atoms with E-state index in [9.17, 15) is 14.4 Å². The molecule has 3 heterocycles. The van der Waals surface area contributed by atoms with Gasteiger partial charge in [0.15, 0.2) is 11.2 Å². The molecule has 8 heteroatoms. The first-order valence-corrected chi connectivity index (χ1v) is 10.7. The van der Waals surface area contributed by atoms with E-state index in [0.29, 0.717) is 30.8 Å². The lowest BCUT2D eigenvalue weighted by Crippen LogP contribution is -2.48. The number of hydrogen-bond donors (Lipinski definition) is 0. The van der Waals surface area contributed by atoms with Crippen LogP contribution in [0.2, 0.25) is 0 Å². The first kappa shape index (κ1) is 20.0. The quantitative estimate of drug-likeness (QED) is 0.467. The van der Waals surface area contributed by atoms with E-state index < -0.39 is 11.2 Å². The van der Waals surface area contributed by atoms with Gasteiger partial charge in [0.25, 0.3) is 5.56 Å². The molecule has 0 spiro atoms. The van der Waals surface area contributed by atoms with E-state index in [4.69, 9.17) is 0 Å². The van der Waals surface area contributed by atoms with E-state index >= 15 is 0 Å². The lowest BCUT2D eigenvalue weighted by molar-refractivity contribution is -0.135. The molecular formula is C24H23N5O3. The van der Waals surface area contributed by atoms with Crippen molar-refractivity contribution in [3.63, 3.8) is 0 Å². The minimum Gasteiger partial charge on any atom is -0.341 e. The third-order valence-electron chi connectivity index (χ3n) is 5.87.